The molecule has 3 N–H and O–H groups in total. The summed E-state index contributed by atoms with van der Waals surface area (Å²) in [6, 6.07) is 10.9. The number of hydrogen-bond acceptors (Lipinski definition) is 5. The van der Waals surface area contributed by atoms with Gasteiger partial charge < -0.3 is 20.7 Å². The van der Waals surface area contributed by atoms with Crippen LogP contribution in [-0.4, -0.2) is 41.9 Å². The molecule has 1 aromatic heterocycles. The highest BCUT2D eigenvalue weighted by Crippen LogP contribution is 2.28. The Morgan fingerprint density at radius 1 is 1.19 bits per heavy atom. The van der Waals surface area contributed by atoms with Crippen molar-refractivity contribution in [3.63, 3.8) is 0 Å². The molecule has 0 atom stereocenters. The molecule has 0 unspecified atom stereocenters. The molecule has 2 heterocycles. The number of aromatic nitrogens is 1. The van der Waals surface area contributed by atoms with Crippen LogP contribution in [0, 0.1) is 5.92 Å². The lowest BCUT2D eigenvalue weighted by molar-refractivity contribution is -0.123. The fourth-order valence-corrected chi connectivity index (χ4v) is 3.09. The second-order valence-electron chi connectivity index (χ2n) is 6.19. The van der Waals surface area contributed by atoms with Crippen LogP contribution in [0.2, 0.25) is 0 Å². The van der Waals surface area contributed by atoms with Crippen LogP contribution in [0.1, 0.15) is 23.2 Å². The van der Waals surface area contributed by atoms with Crippen LogP contribution in [0.25, 0.3) is 0 Å². The standard InChI is InChI=1S/C19H22N4O3/c1-26-16-7-3-2-6-15(16)22-18-14(5-4-10-21-18)19(25)23-11-8-13(9-12-23)17(20)24/h2-7,10,13H,8-9,11-12H2,1H3,(H2,20,24)(H,21,22). The van der Waals surface area contributed by atoms with Gasteiger partial charge in [-0.25, -0.2) is 4.98 Å². The number of nitrogens with two attached hydrogens (primary N) is 1. The normalized spacial score (nSPS) is 14.7. The van der Waals surface area contributed by atoms with Crippen LogP contribution in [0.4, 0.5) is 11.5 Å². The van der Waals surface area contributed by atoms with Crippen molar-refractivity contribution in [1.82, 2.24) is 9.88 Å². The molecule has 1 saturated heterocycles. The van der Waals surface area contributed by atoms with Crippen LogP contribution in [-0.2, 0) is 4.79 Å². The van der Waals surface area contributed by atoms with E-state index < -0.39 is 0 Å². The minimum absolute atomic E-state index is 0.113. The summed E-state index contributed by atoms with van der Waals surface area (Å²) >= 11 is 0. The van der Waals surface area contributed by atoms with Gasteiger partial charge in [0.05, 0.1) is 18.4 Å². The maximum absolute atomic E-state index is 12.9. The highest BCUT2D eigenvalue weighted by molar-refractivity contribution is 5.99. The molecule has 26 heavy (non-hydrogen) atoms. The number of para-hydroxylation sites is 2. The molecule has 2 aromatic rings. The molecule has 0 bridgehead atoms. The van der Waals surface area contributed by atoms with Crippen molar-refractivity contribution in [3.05, 3.63) is 48.2 Å². The Kier molecular flexibility index (Phi) is 5.36. The number of hydrogen-bond donors (Lipinski definition) is 2. The minimum Gasteiger partial charge on any atom is -0.495 e. The van der Waals surface area contributed by atoms with Crippen LogP contribution >= 0.6 is 0 Å². The summed E-state index contributed by atoms with van der Waals surface area (Å²) in [7, 11) is 1.59. The van der Waals surface area contributed by atoms with Crippen LogP contribution < -0.4 is 15.8 Å². The van der Waals surface area contributed by atoms with Gasteiger partial charge in [0, 0.05) is 25.2 Å². The first-order valence-corrected chi connectivity index (χ1v) is 8.54. The Morgan fingerprint density at radius 2 is 1.92 bits per heavy atom. The summed E-state index contributed by atoms with van der Waals surface area (Å²) in [6.07, 6.45) is 2.82. The van der Waals surface area contributed by atoms with Gasteiger partial charge in [0.15, 0.2) is 0 Å². The summed E-state index contributed by atoms with van der Waals surface area (Å²) in [4.78, 5) is 30.3. The summed E-state index contributed by atoms with van der Waals surface area (Å²) in [5, 5.41) is 3.18. The molecule has 0 saturated carbocycles. The average molecular weight is 354 g/mol. The van der Waals surface area contributed by atoms with Gasteiger partial charge in [-0.1, -0.05) is 12.1 Å². The lowest BCUT2D eigenvalue weighted by Crippen LogP contribution is -2.41. The van der Waals surface area contributed by atoms with E-state index in [9.17, 15) is 9.59 Å². The number of rotatable bonds is 5. The molecular formula is C19H22N4O3. The number of methoxy groups -OCH3 is 1. The number of nitrogens with one attached hydrogen (secondary N) is 1. The van der Waals surface area contributed by atoms with Gasteiger partial charge in [0.1, 0.15) is 11.6 Å². The third-order valence-corrected chi connectivity index (χ3v) is 4.58. The summed E-state index contributed by atoms with van der Waals surface area (Å²) in [6.45, 7) is 1.02. The zero-order chi connectivity index (χ0) is 18.5. The number of piperidine rings is 1. The van der Waals surface area contributed by atoms with Crippen molar-refractivity contribution in [2.45, 2.75) is 12.8 Å². The van der Waals surface area contributed by atoms with Gasteiger partial charge in [-0.3, -0.25) is 9.59 Å². The lowest BCUT2D eigenvalue weighted by atomic mass is 9.96. The maximum Gasteiger partial charge on any atom is 0.257 e. The molecule has 7 nitrogen and oxygen atoms in total. The highest BCUT2D eigenvalue weighted by Gasteiger charge is 2.27. The Hall–Kier alpha value is -3.09. The van der Waals surface area contributed by atoms with Gasteiger partial charge in [0.25, 0.3) is 5.91 Å². The summed E-state index contributed by atoms with van der Waals surface area (Å²) in [5.41, 5.74) is 6.58. The molecule has 2 amide bonds. The summed E-state index contributed by atoms with van der Waals surface area (Å²) < 4.78 is 5.34. The second-order valence-corrected chi connectivity index (χ2v) is 6.19. The topological polar surface area (TPSA) is 97.6 Å². The molecule has 0 spiro atoms. The van der Waals surface area contributed by atoms with Gasteiger partial charge in [-0.05, 0) is 37.1 Å². The Morgan fingerprint density at radius 3 is 2.62 bits per heavy atom. The molecule has 1 fully saturated rings. The van der Waals surface area contributed by atoms with E-state index in [0.29, 0.717) is 43.1 Å². The van der Waals surface area contributed by atoms with Crippen molar-refractivity contribution in [3.8, 4) is 5.75 Å². The number of anilines is 2. The molecule has 0 radical (unpaired) electrons. The number of pyridine rings is 1. The number of carbonyl (C=O) groups excluding carboxylic acids is 2. The molecular weight excluding hydrogens is 332 g/mol. The monoisotopic (exact) mass is 354 g/mol. The van der Waals surface area contributed by atoms with E-state index in [2.05, 4.69) is 10.3 Å². The quantitative estimate of drug-likeness (QED) is 0.858. The van der Waals surface area contributed by atoms with Crippen LogP contribution in [0.15, 0.2) is 42.6 Å². The van der Waals surface area contributed by atoms with E-state index in [1.54, 1.807) is 30.3 Å². The van der Waals surface area contributed by atoms with E-state index in [1.165, 1.54) is 0 Å². The molecule has 136 valence electrons. The first kappa shape index (κ1) is 17.7. The largest absolute Gasteiger partial charge is 0.495 e. The fourth-order valence-electron chi connectivity index (χ4n) is 3.09. The van der Waals surface area contributed by atoms with Gasteiger partial charge >= 0.3 is 0 Å². The predicted molar refractivity (Wildman–Crippen MR) is 98.3 cm³/mol. The number of primary amides is 1. The Balaban J connectivity index is 1.79. The third-order valence-electron chi connectivity index (χ3n) is 4.58. The van der Waals surface area contributed by atoms with E-state index in [0.717, 1.165) is 5.69 Å². The van der Waals surface area contributed by atoms with Gasteiger partial charge in [-0.15, -0.1) is 0 Å². The van der Waals surface area contributed by atoms with E-state index in [-0.39, 0.29) is 17.7 Å². The smallest absolute Gasteiger partial charge is 0.257 e. The molecule has 3 rings (SSSR count). The molecule has 1 aliphatic heterocycles. The van der Waals surface area contributed by atoms with Crippen LogP contribution in [0.5, 0.6) is 5.75 Å². The van der Waals surface area contributed by atoms with Gasteiger partial charge in [-0.2, -0.15) is 0 Å². The number of amides is 2. The van der Waals surface area contributed by atoms with E-state index in [1.807, 2.05) is 24.3 Å². The minimum atomic E-state index is -0.294. The van der Waals surface area contributed by atoms with E-state index >= 15 is 0 Å². The number of carbonyl (C=O) groups is 2. The Bertz CT molecular complexity index is 801. The molecule has 1 aromatic carbocycles. The predicted octanol–water partition coefficient (Wildman–Crippen LogP) is 2.17. The Labute approximate surface area is 152 Å². The first-order valence-electron chi connectivity index (χ1n) is 8.54. The molecule has 0 aliphatic carbocycles. The first-order chi connectivity index (χ1) is 12.6. The zero-order valence-electron chi connectivity index (χ0n) is 14.6. The average Bonchev–Trinajstić information content (AvgIpc) is 2.68. The zero-order valence-corrected chi connectivity index (χ0v) is 14.6. The van der Waals surface area contributed by atoms with Crippen molar-refractivity contribution in [2.24, 2.45) is 11.7 Å². The van der Waals surface area contributed by atoms with E-state index in [4.69, 9.17) is 10.5 Å². The highest BCUT2D eigenvalue weighted by atomic mass is 16.5. The van der Waals surface area contributed by atoms with Crippen molar-refractivity contribution in [2.75, 3.05) is 25.5 Å². The van der Waals surface area contributed by atoms with Gasteiger partial charge in [0.2, 0.25) is 5.91 Å². The number of likely N-dealkylation sites (tertiary alicyclic amines) is 1. The van der Waals surface area contributed by atoms with Crippen LogP contribution in [0.3, 0.4) is 0 Å². The fraction of sp³-hybridized carbons (Fsp3) is 0.316. The maximum atomic E-state index is 12.9. The molecule has 7 heteroatoms. The van der Waals surface area contributed by atoms with Crippen molar-refractivity contribution >= 4 is 23.3 Å². The third kappa shape index (κ3) is 3.77. The number of nitrogens with zero attached hydrogens (tertiary/aromatic N) is 2. The number of ether oxygens (including phenoxy) is 1. The van der Waals surface area contributed by atoms with Crippen molar-refractivity contribution in [1.29, 1.82) is 0 Å². The molecule has 1 aliphatic rings. The second kappa shape index (κ2) is 7.86. The SMILES string of the molecule is COc1ccccc1Nc1ncccc1C(=O)N1CCC(C(N)=O)CC1. The van der Waals surface area contributed by atoms with Crippen molar-refractivity contribution < 1.29 is 14.3 Å². The number of benzene rings is 1. The lowest BCUT2D eigenvalue weighted by Gasteiger charge is -2.31. The summed E-state index contributed by atoms with van der Waals surface area (Å²) in [5.74, 6) is 0.576.